The molecule has 0 heterocycles. The minimum absolute atomic E-state index is 0.0316. The molecule has 0 radical (unpaired) electrons. The van der Waals surface area contributed by atoms with Crippen LogP contribution in [0.15, 0.2) is 102 Å². The third-order valence-corrected chi connectivity index (χ3v) is 9.48. The molecule has 1 N–H and O–H groups in total. The van der Waals surface area contributed by atoms with Crippen LogP contribution >= 0.6 is 23.2 Å². The van der Waals surface area contributed by atoms with Gasteiger partial charge < -0.3 is 10.2 Å². The standard InChI is InChI=1S/C34H35Cl2N3O4S/c1-4-37-34(41)32(20-26-8-6-5-7-9-26)38(22-27-13-16-28(35)17-14-27)33(40)23-39(31-21-29(36)15-12-25(31)3)44(42,43)30-18-10-24(2)11-19-30/h5-19,21,32H,4,20,22-23H2,1-3H3,(H,37,41)/t32-/m1/s1. The molecule has 0 aliphatic heterocycles. The van der Waals surface area contributed by atoms with E-state index in [2.05, 4.69) is 5.32 Å². The van der Waals surface area contributed by atoms with Gasteiger partial charge in [0.25, 0.3) is 10.0 Å². The number of carbonyl (C=O) groups is 2. The summed E-state index contributed by atoms with van der Waals surface area (Å²) >= 11 is 12.5. The Morgan fingerprint density at radius 3 is 2.09 bits per heavy atom. The van der Waals surface area contributed by atoms with Crippen LogP contribution in [0, 0.1) is 13.8 Å². The van der Waals surface area contributed by atoms with Gasteiger partial charge in [0.15, 0.2) is 0 Å². The van der Waals surface area contributed by atoms with Crippen molar-refractivity contribution in [2.24, 2.45) is 0 Å². The van der Waals surface area contributed by atoms with E-state index in [-0.39, 0.29) is 29.5 Å². The quantitative estimate of drug-likeness (QED) is 0.187. The molecule has 230 valence electrons. The topological polar surface area (TPSA) is 86.8 Å². The van der Waals surface area contributed by atoms with Gasteiger partial charge in [-0.25, -0.2) is 8.42 Å². The van der Waals surface area contributed by atoms with E-state index in [4.69, 9.17) is 23.2 Å². The Bertz CT molecular complexity index is 1700. The Kier molecular flexibility index (Phi) is 11.1. The van der Waals surface area contributed by atoms with E-state index in [1.165, 1.54) is 23.1 Å². The molecule has 10 heteroatoms. The Morgan fingerprint density at radius 2 is 1.45 bits per heavy atom. The van der Waals surface area contributed by atoms with Crippen molar-refractivity contribution in [1.29, 1.82) is 0 Å². The summed E-state index contributed by atoms with van der Waals surface area (Å²) in [4.78, 5) is 29.5. The minimum atomic E-state index is -4.22. The Labute approximate surface area is 269 Å². The van der Waals surface area contributed by atoms with E-state index < -0.39 is 28.5 Å². The number of hydrogen-bond donors (Lipinski definition) is 1. The first-order valence-corrected chi connectivity index (χ1v) is 16.4. The van der Waals surface area contributed by atoms with Crippen LogP contribution in [0.2, 0.25) is 10.0 Å². The highest BCUT2D eigenvalue weighted by atomic mass is 35.5. The van der Waals surface area contributed by atoms with Crippen LogP contribution in [0.4, 0.5) is 5.69 Å². The van der Waals surface area contributed by atoms with E-state index in [0.717, 1.165) is 21.0 Å². The van der Waals surface area contributed by atoms with Gasteiger partial charge in [-0.3, -0.25) is 13.9 Å². The number of rotatable bonds is 12. The van der Waals surface area contributed by atoms with Gasteiger partial charge in [-0.1, -0.05) is 89.4 Å². The fourth-order valence-electron chi connectivity index (χ4n) is 4.83. The van der Waals surface area contributed by atoms with Gasteiger partial charge in [-0.2, -0.15) is 0 Å². The van der Waals surface area contributed by atoms with Gasteiger partial charge in [-0.15, -0.1) is 0 Å². The van der Waals surface area contributed by atoms with Crippen LogP contribution in [-0.4, -0.2) is 44.3 Å². The van der Waals surface area contributed by atoms with Crippen molar-refractivity contribution < 1.29 is 18.0 Å². The first-order valence-electron chi connectivity index (χ1n) is 14.2. The van der Waals surface area contributed by atoms with Gasteiger partial charge in [0.1, 0.15) is 12.6 Å². The summed E-state index contributed by atoms with van der Waals surface area (Å²) in [6.07, 6.45) is 0.229. The Balaban J connectivity index is 1.82. The van der Waals surface area contributed by atoms with E-state index in [0.29, 0.717) is 22.2 Å². The van der Waals surface area contributed by atoms with Crippen LogP contribution in [0.1, 0.15) is 29.2 Å². The monoisotopic (exact) mass is 651 g/mol. The number of halogens is 2. The number of sulfonamides is 1. The zero-order valence-electron chi connectivity index (χ0n) is 24.8. The second-order valence-electron chi connectivity index (χ2n) is 10.5. The lowest BCUT2D eigenvalue weighted by Gasteiger charge is -2.34. The number of nitrogens with zero attached hydrogens (tertiary/aromatic N) is 2. The van der Waals surface area contributed by atoms with E-state index in [9.17, 15) is 18.0 Å². The summed E-state index contributed by atoms with van der Waals surface area (Å²) in [5, 5.41) is 3.71. The van der Waals surface area contributed by atoms with Crippen molar-refractivity contribution in [3.05, 3.63) is 129 Å². The first kappa shape index (κ1) is 33.1. The maximum Gasteiger partial charge on any atom is 0.264 e. The predicted molar refractivity (Wildman–Crippen MR) is 177 cm³/mol. The molecular weight excluding hydrogens is 617 g/mol. The number of carbonyl (C=O) groups excluding carboxylic acids is 2. The highest BCUT2D eigenvalue weighted by molar-refractivity contribution is 7.92. The summed E-state index contributed by atoms with van der Waals surface area (Å²) in [5.41, 5.74) is 3.37. The fraction of sp³-hybridized carbons (Fsp3) is 0.235. The maximum absolute atomic E-state index is 14.4. The molecule has 0 aromatic heterocycles. The third kappa shape index (κ3) is 8.20. The lowest BCUT2D eigenvalue weighted by atomic mass is 10.0. The number of hydrogen-bond acceptors (Lipinski definition) is 4. The molecule has 1 atom stereocenters. The molecule has 0 bridgehead atoms. The van der Waals surface area contributed by atoms with Crippen molar-refractivity contribution in [3.63, 3.8) is 0 Å². The molecule has 7 nitrogen and oxygen atoms in total. The zero-order valence-corrected chi connectivity index (χ0v) is 27.2. The molecule has 44 heavy (non-hydrogen) atoms. The number of aryl methyl sites for hydroxylation is 2. The average molecular weight is 653 g/mol. The molecule has 2 amide bonds. The van der Waals surface area contributed by atoms with Crippen LogP contribution in [-0.2, 0) is 32.6 Å². The van der Waals surface area contributed by atoms with E-state index >= 15 is 0 Å². The van der Waals surface area contributed by atoms with Gasteiger partial charge >= 0.3 is 0 Å². The van der Waals surface area contributed by atoms with Crippen molar-refractivity contribution in [2.75, 3.05) is 17.4 Å². The molecule has 0 unspecified atom stereocenters. The predicted octanol–water partition coefficient (Wildman–Crippen LogP) is 6.58. The molecule has 0 fully saturated rings. The lowest BCUT2D eigenvalue weighted by Crippen LogP contribution is -2.53. The molecule has 0 saturated carbocycles. The fourth-order valence-corrected chi connectivity index (χ4v) is 6.60. The number of nitrogens with one attached hydrogen (secondary N) is 1. The SMILES string of the molecule is CCNC(=O)[C@@H](Cc1ccccc1)N(Cc1ccc(Cl)cc1)C(=O)CN(c1cc(Cl)ccc1C)S(=O)(=O)c1ccc(C)cc1. The minimum Gasteiger partial charge on any atom is -0.355 e. The second kappa shape index (κ2) is 14.8. The van der Waals surface area contributed by atoms with Crippen LogP contribution < -0.4 is 9.62 Å². The summed E-state index contributed by atoms with van der Waals surface area (Å²) in [6, 6.07) is 26.8. The first-order chi connectivity index (χ1) is 21.0. The lowest BCUT2D eigenvalue weighted by molar-refractivity contribution is -0.140. The normalized spacial score (nSPS) is 11.9. The zero-order chi connectivity index (χ0) is 31.9. The number of amides is 2. The summed E-state index contributed by atoms with van der Waals surface area (Å²) in [5.74, 6) is -0.896. The largest absolute Gasteiger partial charge is 0.355 e. The summed E-state index contributed by atoms with van der Waals surface area (Å²) < 4.78 is 29.4. The van der Waals surface area contributed by atoms with Crippen molar-refractivity contribution in [2.45, 2.75) is 44.7 Å². The Hall–Kier alpha value is -3.85. The van der Waals surface area contributed by atoms with Crippen molar-refractivity contribution >= 4 is 50.7 Å². The number of benzene rings is 4. The molecule has 0 spiro atoms. The van der Waals surface area contributed by atoms with Crippen molar-refractivity contribution in [3.8, 4) is 0 Å². The van der Waals surface area contributed by atoms with Crippen LogP contribution in [0.3, 0.4) is 0 Å². The highest BCUT2D eigenvalue weighted by Crippen LogP contribution is 2.30. The molecular formula is C34H35Cl2N3O4S. The average Bonchev–Trinajstić information content (AvgIpc) is 3.00. The number of anilines is 1. The van der Waals surface area contributed by atoms with Crippen LogP contribution in [0.5, 0.6) is 0 Å². The summed E-state index contributed by atoms with van der Waals surface area (Å²) in [6.45, 7) is 5.28. The highest BCUT2D eigenvalue weighted by Gasteiger charge is 2.35. The molecule has 0 aliphatic rings. The van der Waals surface area contributed by atoms with Gasteiger partial charge in [0, 0.05) is 29.6 Å². The third-order valence-electron chi connectivity index (χ3n) is 7.22. The smallest absolute Gasteiger partial charge is 0.264 e. The van der Waals surface area contributed by atoms with Gasteiger partial charge in [0.05, 0.1) is 10.6 Å². The van der Waals surface area contributed by atoms with Crippen LogP contribution in [0.25, 0.3) is 0 Å². The van der Waals surface area contributed by atoms with Gasteiger partial charge in [-0.05, 0) is 73.9 Å². The summed E-state index contributed by atoms with van der Waals surface area (Å²) in [7, 11) is -4.22. The van der Waals surface area contributed by atoms with Crippen molar-refractivity contribution in [1.82, 2.24) is 10.2 Å². The molecule has 4 aromatic carbocycles. The second-order valence-corrected chi connectivity index (χ2v) is 13.2. The van der Waals surface area contributed by atoms with Gasteiger partial charge in [0.2, 0.25) is 11.8 Å². The molecule has 4 rings (SSSR count). The molecule has 4 aromatic rings. The number of likely N-dealkylation sites (N-methyl/N-ethyl adjacent to an activating group) is 1. The van der Waals surface area contributed by atoms with E-state index in [1.54, 1.807) is 62.4 Å². The Morgan fingerprint density at radius 1 is 0.818 bits per heavy atom. The molecule has 0 saturated heterocycles. The van der Waals surface area contributed by atoms with E-state index in [1.807, 2.05) is 37.3 Å². The molecule has 0 aliphatic carbocycles. The maximum atomic E-state index is 14.4.